The number of hydrogen-bond donors (Lipinski definition) is 2. The Morgan fingerprint density at radius 2 is 1.89 bits per heavy atom. The molecule has 2 amide bonds. The molecule has 5 nitrogen and oxygen atoms in total. The first kappa shape index (κ1) is 20.0. The Kier molecular flexibility index (Phi) is 6.76. The van der Waals surface area contributed by atoms with Crippen LogP contribution in [0.25, 0.3) is 0 Å². The average Bonchev–Trinajstić information content (AvgIpc) is 2.68. The molecule has 6 heteroatoms. The smallest absolute Gasteiger partial charge is 0.237 e. The van der Waals surface area contributed by atoms with Crippen molar-refractivity contribution in [1.29, 1.82) is 0 Å². The zero-order valence-corrected chi connectivity index (χ0v) is 16.1. The molecular weight excluding hydrogens is 357 g/mol. The zero-order valence-electron chi connectivity index (χ0n) is 16.1. The number of benzene rings is 2. The predicted molar refractivity (Wildman–Crippen MR) is 106 cm³/mol. The summed E-state index contributed by atoms with van der Waals surface area (Å²) in [4.78, 5) is 26.8. The lowest BCUT2D eigenvalue weighted by atomic mass is 10.0. The van der Waals surface area contributed by atoms with Crippen LogP contribution in [0.3, 0.4) is 0 Å². The molecule has 0 spiro atoms. The quantitative estimate of drug-likeness (QED) is 0.771. The number of halogens is 1. The van der Waals surface area contributed by atoms with Crippen molar-refractivity contribution in [3.63, 3.8) is 0 Å². The van der Waals surface area contributed by atoms with Crippen LogP contribution in [0.2, 0.25) is 0 Å². The lowest BCUT2D eigenvalue weighted by Crippen LogP contribution is -2.56. The lowest BCUT2D eigenvalue weighted by Gasteiger charge is -2.35. The first-order chi connectivity index (χ1) is 13.5. The first-order valence-electron chi connectivity index (χ1n) is 9.61. The standard InChI is InChI=1S/C22H26FN3O2/c1-16-6-2-3-8-18(16)15-26-13-12-25-22(28)20(26)14-21(27)24-11-10-17-7-4-5-9-19(17)23/h2-9,20H,10-15H2,1H3,(H,24,27)(H,25,28). The second kappa shape index (κ2) is 9.46. The van der Waals surface area contributed by atoms with Gasteiger partial charge in [0.25, 0.3) is 0 Å². The fourth-order valence-corrected chi connectivity index (χ4v) is 3.47. The van der Waals surface area contributed by atoms with Gasteiger partial charge in [-0.2, -0.15) is 0 Å². The van der Waals surface area contributed by atoms with Crippen LogP contribution in [-0.2, 0) is 22.6 Å². The minimum absolute atomic E-state index is 0.0922. The van der Waals surface area contributed by atoms with E-state index in [9.17, 15) is 14.0 Å². The minimum Gasteiger partial charge on any atom is -0.356 e. The number of rotatable bonds is 7. The van der Waals surface area contributed by atoms with Gasteiger partial charge >= 0.3 is 0 Å². The number of nitrogens with one attached hydrogen (secondary N) is 2. The van der Waals surface area contributed by atoms with Crippen molar-refractivity contribution < 1.29 is 14.0 Å². The van der Waals surface area contributed by atoms with Crippen molar-refractivity contribution in [3.8, 4) is 0 Å². The maximum atomic E-state index is 13.7. The molecule has 1 atom stereocenters. The van der Waals surface area contributed by atoms with E-state index in [0.29, 0.717) is 38.2 Å². The van der Waals surface area contributed by atoms with Crippen LogP contribution in [0.1, 0.15) is 23.1 Å². The van der Waals surface area contributed by atoms with Crippen LogP contribution in [0.15, 0.2) is 48.5 Å². The molecule has 1 heterocycles. The van der Waals surface area contributed by atoms with Crippen molar-refractivity contribution in [2.24, 2.45) is 0 Å². The van der Waals surface area contributed by atoms with Crippen molar-refractivity contribution in [2.75, 3.05) is 19.6 Å². The summed E-state index contributed by atoms with van der Waals surface area (Å²) in [5, 5.41) is 5.66. The highest BCUT2D eigenvalue weighted by atomic mass is 19.1. The number of carbonyl (C=O) groups excluding carboxylic acids is 2. The van der Waals surface area contributed by atoms with E-state index in [0.717, 1.165) is 5.56 Å². The van der Waals surface area contributed by atoms with Gasteiger partial charge in [0.1, 0.15) is 5.82 Å². The second-order valence-electron chi connectivity index (χ2n) is 7.10. The molecule has 1 aliphatic heterocycles. The van der Waals surface area contributed by atoms with E-state index in [-0.39, 0.29) is 24.1 Å². The topological polar surface area (TPSA) is 61.4 Å². The van der Waals surface area contributed by atoms with Crippen LogP contribution in [-0.4, -0.2) is 42.4 Å². The van der Waals surface area contributed by atoms with Crippen LogP contribution in [0.4, 0.5) is 4.39 Å². The molecule has 28 heavy (non-hydrogen) atoms. The normalized spacial score (nSPS) is 17.2. The molecule has 0 radical (unpaired) electrons. The molecule has 1 saturated heterocycles. The fraction of sp³-hybridized carbons (Fsp3) is 0.364. The monoisotopic (exact) mass is 383 g/mol. The maximum Gasteiger partial charge on any atom is 0.237 e. The third kappa shape index (κ3) is 5.16. The SMILES string of the molecule is Cc1ccccc1CN1CCNC(=O)C1CC(=O)NCCc1ccccc1F. The van der Waals surface area contributed by atoms with Gasteiger partial charge in [0, 0.05) is 26.2 Å². The van der Waals surface area contributed by atoms with Crippen LogP contribution in [0.5, 0.6) is 0 Å². The van der Waals surface area contributed by atoms with Crippen molar-refractivity contribution in [3.05, 3.63) is 71.0 Å². The van der Waals surface area contributed by atoms with Gasteiger partial charge in [-0.25, -0.2) is 4.39 Å². The summed E-state index contributed by atoms with van der Waals surface area (Å²) in [6, 6.07) is 14.1. The highest BCUT2D eigenvalue weighted by Gasteiger charge is 2.31. The predicted octanol–water partition coefficient (Wildman–Crippen LogP) is 2.18. The summed E-state index contributed by atoms with van der Waals surface area (Å²) in [5.74, 6) is -0.593. The maximum absolute atomic E-state index is 13.7. The molecule has 0 aromatic heterocycles. The van der Waals surface area contributed by atoms with Crippen molar-refractivity contribution >= 4 is 11.8 Å². The largest absolute Gasteiger partial charge is 0.356 e. The van der Waals surface area contributed by atoms with E-state index >= 15 is 0 Å². The summed E-state index contributed by atoms with van der Waals surface area (Å²) < 4.78 is 13.7. The minimum atomic E-state index is -0.498. The molecule has 2 aromatic carbocycles. The molecule has 148 valence electrons. The fourth-order valence-electron chi connectivity index (χ4n) is 3.47. The molecule has 2 N–H and O–H groups in total. The molecule has 1 aliphatic rings. The van der Waals surface area contributed by atoms with Gasteiger partial charge in [-0.3, -0.25) is 14.5 Å². The Morgan fingerprint density at radius 3 is 2.64 bits per heavy atom. The highest BCUT2D eigenvalue weighted by Crippen LogP contribution is 2.16. The Bertz CT molecular complexity index is 840. The molecule has 0 aliphatic carbocycles. The summed E-state index contributed by atoms with van der Waals surface area (Å²) in [6.07, 6.45) is 0.511. The molecule has 1 unspecified atom stereocenters. The van der Waals surface area contributed by atoms with Gasteiger partial charge < -0.3 is 10.6 Å². The van der Waals surface area contributed by atoms with Gasteiger partial charge in [0.2, 0.25) is 11.8 Å². The number of hydrogen-bond acceptors (Lipinski definition) is 3. The van der Waals surface area contributed by atoms with Gasteiger partial charge in [-0.1, -0.05) is 42.5 Å². The summed E-state index contributed by atoms with van der Waals surface area (Å²) >= 11 is 0. The first-order valence-corrected chi connectivity index (χ1v) is 9.61. The summed E-state index contributed by atoms with van der Waals surface area (Å²) in [5.41, 5.74) is 2.89. The number of aryl methyl sites for hydroxylation is 1. The molecule has 0 bridgehead atoms. The van der Waals surface area contributed by atoms with E-state index in [1.807, 2.05) is 31.2 Å². The van der Waals surface area contributed by atoms with Gasteiger partial charge in [0.15, 0.2) is 0 Å². The molecule has 1 fully saturated rings. The van der Waals surface area contributed by atoms with E-state index in [1.54, 1.807) is 18.2 Å². The highest BCUT2D eigenvalue weighted by molar-refractivity contribution is 5.88. The summed E-state index contributed by atoms with van der Waals surface area (Å²) in [7, 11) is 0. The third-order valence-corrected chi connectivity index (χ3v) is 5.13. The second-order valence-corrected chi connectivity index (χ2v) is 7.10. The number of nitrogens with zero attached hydrogens (tertiary/aromatic N) is 1. The zero-order chi connectivity index (χ0) is 19.9. The Morgan fingerprint density at radius 1 is 1.18 bits per heavy atom. The molecular formula is C22H26FN3O2. The number of carbonyl (C=O) groups is 2. The van der Waals surface area contributed by atoms with E-state index in [2.05, 4.69) is 15.5 Å². The van der Waals surface area contributed by atoms with Gasteiger partial charge in [-0.05, 0) is 36.1 Å². The van der Waals surface area contributed by atoms with Crippen molar-refractivity contribution in [2.45, 2.75) is 32.4 Å². The van der Waals surface area contributed by atoms with Crippen LogP contribution >= 0.6 is 0 Å². The Hall–Kier alpha value is -2.73. The van der Waals surface area contributed by atoms with Gasteiger partial charge in [-0.15, -0.1) is 0 Å². The summed E-state index contributed by atoms with van der Waals surface area (Å²) in [6.45, 7) is 4.30. The third-order valence-electron chi connectivity index (χ3n) is 5.13. The Balaban J connectivity index is 1.56. The molecule has 3 rings (SSSR count). The lowest BCUT2D eigenvalue weighted by molar-refractivity contribution is -0.134. The van der Waals surface area contributed by atoms with E-state index < -0.39 is 6.04 Å². The van der Waals surface area contributed by atoms with Crippen LogP contribution in [0, 0.1) is 12.7 Å². The van der Waals surface area contributed by atoms with E-state index in [1.165, 1.54) is 11.6 Å². The van der Waals surface area contributed by atoms with Crippen LogP contribution < -0.4 is 10.6 Å². The Labute approximate surface area is 164 Å². The molecule has 0 saturated carbocycles. The van der Waals surface area contributed by atoms with E-state index in [4.69, 9.17) is 0 Å². The van der Waals surface area contributed by atoms with Gasteiger partial charge in [0.05, 0.1) is 12.5 Å². The number of amides is 2. The average molecular weight is 383 g/mol. The van der Waals surface area contributed by atoms with Crippen molar-refractivity contribution in [1.82, 2.24) is 15.5 Å². The number of piperazine rings is 1. The molecule has 2 aromatic rings.